The normalized spacial score (nSPS) is 14.8. The van der Waals surface area contributed by atoms with Crippen molar-refractivity contribution in [2.45, 2.75) is 39.0 Å². The van der Waals surface area contributed by atoms with E-state index in [1.807, 2.05) is 0 Å². The van der Waals surface area contributed by atoms with Gasteiger partial charge < -0.3 is 9.13 Å². The van der Waals surface area contributed by atoms with E-state index in [2.05, 4.69) is 158 Å². The van der Waals surface area contributed by atoms with E-state index in [1.54, 1.807) is 0 Å². The molecule has 0 N–H and O–H groups in total. The number of aromatic nitrogens is 2. The number of fused-ring (bicyclic) bond motifs is 16. The average Bonchev–Trinajstić information content (AvgIpc) is 3.71. The first kappa shape index (κ1) is 26.4. The first-order valence-electron chi connectivity index (χ1n) is 17.8. The van der Waals surface area contributed by atoms with Crippen LogP contribution in [0.15, 0.2) is 121 Å². The molecule has 1 aliphatic carbocycles. The van der Waals surface area contributed by atoms with Crippen LogP contribution in [-0.2, 0) is 5.41 Å². The van der Waals surface area contributed by atoms with Gasteiger partial charge in [0.2, 0.25) is 0 Å². The summed E-state index contributed by atoms with van der Waals surface area (Å²) < 4.78 is 5.18. The number of hydrogen-bond acceptors (Lipinski definition) is 0. The maximum Gasteiger partial charge on any atom is 0.252 e. The molecule has 230 valence electrons. The van der Waals surface area contributed by atoms with Crippen molar-refractivity contribution in [1.29, 1.82) is 0 Å². The number of benzene rings is 7. The van der Waals surface area contributed by atoms with Crippen LogP contribution in [0.5, 0.6) is 0 Å². The van der Waals surface area contributed by atoms with Crippen LogP contribution in [-0.4, -0.2) is 15.8 Å². The van der Waals surface area contributed by atoms with E-state index >= 15 is 0 Å². The van der Waals surface area contributed by atoms with Gasteiger partial charge in [-0.1, -0.05) is 100 Å². The molecule has 2 aromatic heterocycles. The Morgan fingerprint density at radius 2 is 1.24 bits per heavy atom. The summed E-state index contributed by atoms with van der Waals surface area (Å²) >= 11 is 0. The van der Waals surface area contributed by atoms with Crippen molar-refractivity contribution in [1.82, 2.24) is 9.13 Å². The van der Waals surface area contributed by atoms with E-state index in [-0.39, 0.29) is 12.1 Å². The molecule has 4 heterocycles. The highest BCUT2D eigenvalue weighted by molar-refractivity contribution is 7.00. The molecule has 0 saturated carbocycles. The van der Waals surface area contributed by atoms with Gasteiger partial charge in [-0.15, -0.1) is 0 Å². The van der Waals surface area contributed by atoms with Crippen LogP contribution in [0.2, 0.25) is 0 Å². The minimum atomic E-state index is -0.0369. The van der Waals surface area contributed by atoms with E-state index in [4.69, 9.17) is 0 Å². The second kappa shape index (κ2) is 8.54. The maximum absolute atomic E-state index is 2.60. The topological polar surface area (TPSA) is 9.86 Å². The van der Waals surface area contributed by atoms with Crippen LogP contribution in [0.1, 0.15) is 50.3 Å². The zero-order valence-electron chi connectivity index (χ0n) is 28.1. The summed E-state index contributed by atoms with van der Waals surface area (Å²) in [6.45, 7) is 9.51. The van der Waals surface area contributed by atoms with Crippen molar-refractivity contribution in [2.75, 3.05) is 0 Å². The van der Waals surface area contributed by atoms with Crippen molar-refractivity contribution in [3.63, 3.8) is 0 Å². The standard InChI is InChI=1S/C46H33BN2/c1-25(2)26-17-18-40-32(19-26)34-24-33-30-12-6-9-15-39(30)49-42-23-27-20-31-29-11-5-7-13-35(29)46(3,4)36(31)21-28(27)22-38(42)47-37-14-8-10-16-41(37)48(40)45(34)43(47)44(33)49/h5-25H,1-4H3. The fraction of sp³-hybridized carbons (Fsp3) is 0.130. The maximum atomic E-state index is 2.60. The van der Waals surface area contributed by atoms with Gasteiger partial charge in [0.15, 0.2) is 0 Å². The third kappa shape index (κ3) is 2.99. The molecule has 0 spiro atoms. The highest BCUT2D eigenvalue weighted by Gasteiger charge is 2.42. The molecule has 0 bridgehead atoms. The molecule has 3 aliphatic rings. The van der Waals surface area contributed by atoms with E-state index in [0.29, 0.717) is 5.92 Å². The molecule has 0 atom stereocenters. The molecule has 3 heteroatoms. The Labute approximate surface area is 285 Å². The minimum absolute atomic E-state index is 0.0369. The number of para-hydroxylation sites is 2. The first-order valence-corrected chi connectivity index (χ1v) is 17.8. The SMILES string of the molecule is CC(C)c1ccc2c(c1)c1cc3c4ccccc4n4c3c3c1n2-c1ccccc1B3c1cc2cc3c(cc2cc1-4)-c1ccccc1C3(C)C. The van der Waals surface area contributed by atoms with Gasteiger partial charge in [0.25, 0.3) is 6.71 Å². The van der Waals surface area contributed by atoms with Gasteiger partial charge in [0, 0.05) is 38.3 Å². The third-order valence-corrected chi connectivity index (χ3v) is 12.4. The Hall–Kier alpha value is -5.54. The monoisotopic (exact) mass is 624 g/mol. The lowest BCUT2D eigenvalue weighted by Crippen LogP contribution is -2.59. The Kier molecular flexibility index (Phi) is 4.60. The zero-order valence-corrected chi connectivity index (χ0v) is 28.1. The molecule has 0 fully saturated rings. The van der Waals surface area contributed by atoms with E-state index in [1.165, 1.54) is 110 Å². The van der Waals surface area contributed by atoms with Gasteiger partial charge in [0.1, 0.15) is 0 Å². The van der Waals surface area contributed by atoms with Crippen LogP contribution < -0.4 is 16.4 Å². The molecule has 0 amide bonds. The number of nitrogens with zero attached hydrogens (tertiary/aromatic N) is 2. The third-order valence-electron chi connectivity index (χ3n) is 12.4. The van der Waals surface area contributed by atoms with Crippen molar-refractivity contribution < 1.29 is 0 Å². The molecule has 2 nitrogen and oxygen atoms in total. The molecular formula is C46H33BN2. The van der Waals surface area contributed by atoms with Gasteiger partial charge in [-0.3, -0.25) is 0 Å². The van der Waals surface area contributed by atoms with Crippen molar-refractivity contribution >= 4 is 77.5 Å². The molecule has 49 heavy (non-hydrogen) atoms. The summed E-state index contributed by atoms with van der Waals surface area (Å²) in [7, 11) is 0. The Balaban J connectivity index is 1.28. The van der Waals surface area contributed by atoms with E-state index in [9.17, 15) is 0 Å². The van der Waals surface area contributed by atoms with Crippen molar-refractivity contribution in [2.24, 2.45) is 0 Å². The molecule has 2 aliphatic heterocycles. The van der Waals surface area contributed by atoms with Crippen LogP contribution >= 0.6 is 0 Å². The molecule has 0 radical (unpaired) electrons. The molecule has 7 aromatic carbocycles. The van der Waals surface area contributed by atoms with Gasteiger partial charge >= 0.3 is 0 Å². The van der Waals surface area contributed by atoms with Crippen LogP contribution in [0.4, 0.5) is 0 Å². The van der Waals surface area contributed by atoms with Gasteiger partial charge in [0.05, 0.1) is 22.1 Å². The molecule has 12 rings (SSSR count). The first-order chi connectivity index (χ1) is 23.9. The Morgan fingerprint density at radius 1 is 0.531 bits per heavy atom. The fourth-order valence-electron chi connectivity index (χ4n) is 10.2. The van der Waals surface area contributed by atoms with Gasteiger partial charge in [-0.2, -0.15) is 0 Å². The Morgan fingerprint density at radius 3 is 2.12 bits per heavy atom. The fourth-order valence-corrected chi connectivity index (χ4v) is 10.2. The van der Waals surface area contributed by atoms with E-state index < -0.39 is 0 Å². The molecular weight excluding hydrogens is 591 g/mol. The second-order valence-corrected chi connectivity index (χ2v) is 15.5. The summed E-state index contributed by atoms with van der Waals surface area (Å²) in [5, 5.41) is 8.03. The highest BCUT2D eigenvalue weighted by atomic mass is 15.0. The van der Waals surface area contributed by atoms with Gasteiger partial charge in [-0.25, -0.2) is 0 Å². The van der Waals surface area contributed by atoms with Crippen molar-refractivity contribution in [3.05, 3.63) is 138 Å². The summed E-state index contributed by atoms with van der Waals surface area (Å²) in [4.78, 5) is 0. The summed E-state index contributed by atoms with van der Waals surface area (Å²) in [6.07, 6.45) is 0. The predicted octanol–water partition coefficient (Wildman–Crippen LogP) is 9.61. The second-order valence-electron chi connectivity index (χ2n) is 15.5. The van der Waals surface area contributed by atoms with Gasteiger partial charge in [-0.05, 0) is 109 Å². The lowest BCUT2D eigenvalue weighted by atomic mass is 9.34. The Bertz CT molecular complexity index is 3000. The van der Waals surface area contributed by atoms with Crippen LogP contribution in [0.25, 0.3) is 76.9 Å². The quantitative estimate of drug-likeness (QED) is 0.161. The summed E-state index contributed by atoms with van der Waals surface area (Å²) in [6, 6.07) is 46.9. The smallest absolute Gasteiger partial charge is 0.252 e. The van der Waals surface area contributed by atoms with Crippen LogP contribution in [0, 0.1) is 0 Å². The highest BCUT2D eigenvalue weighted by Crippen LogP contribution is 2.50. The van der Waals surface area contributed by atoms with Crippen molar-refractivity contribution in [3.8, 4) is 22.5 Å². The summed E-state index contributed by atoms with van der Waals surface area (Å²) in [5.41, 5.74) is 19.1. The average molecular weight is 625 g/mol. The minimum Gasteiger partial charge on any atom is -0.310 e. The molecule has 9 aromatic rings. The number of rotatable bonds is 1. The zero-order chi connectivity index (χ0) is 32.5. The number of hydrogen-bond donors (Lipinski definition) is 0. The van der Waals surface area contributed by atoms with E-state index in [0.717, 1.165) is 0 Å². The molecule has 0 saturated heterocycles. The van der Waals surface area contributed by atoms with Crippen LogP contribution in [0.3, 0.4) is 0 Å². The lowest BCUT2D eigenvalue weighted by Gasteiger charge is -2.33. The largest absolute Gasteiger partial charge is 0.310 e. The molecule has 0 unspecified atom stereocenters. The summed E-state index contributed by atoms with van der Waals surface area (Å²) in [5.74, 6) is 0.469. The predicted molar refractivity (Wildman–Crippen MR) is 209 cm³/mol. The lowest BCUT2D eigenvalue weighted by molar-refractivity contribution is 0.661.